The Bertz CT molecular complexity index is 980. The fourth-order valence-electron chi connectivity index (χ4n) is 6.48. The maximum atomic E-state index is 12.9. The number of nitrogens with one attached hydrogen (secondary N) is 1. The van der Waals surface area contributed by atoms with Crippen molar-refractivity contribution in [3.8, 4) is 5.75 Å². The van der Waals surface area contributed by atoms with Crippen molar-refractivity contribution in [3.05, 3.63) is 29.8 Å². The average Bonchev–Trinajstić information content (AvgIpc) is 3.12. The first-order chi connectivity index (χ1) is 24.2. The Morgan fingerprint density at radius 2 is 1.34 bits per heavy atom. The fraction of sp³-hybridized carbons (Fsp3) is 0.821. The van der Waals surface area contributed by atoms with E-state index in [0.29, 0.717) is 12.8 Å². The Labute approximate surface area is 300 Å². The number of hydrogen-bond donors (Lipinski definition) is 7. The first-order valence-corrected chi connectivity index (χ1v) is 19.4. The number of aliphatic hydroxyl groups excluding tert-OH is 6. The van der Waals surface area contributed by atoms with Crippen LogP contribution in [0, 0.1) is 0 Å². The summed E-state index contributed by atoms with van der Waals surface area (Å²) in [6, 6.07) is 7.07. The van der Waals surface area contributed by atoms with Gasteiger partial charge in [0, 0.05) is 6.42 Å². The van der Waals surface area contributed by atoms with Gasteiger partial charge in [0.25, 0.3) is 0 Å². The molecule has 1 aromatic carbocycles. The van der Waals surface area contributed by atoms with Crippen LogP contribution in [0.4, 0.5) is 0 Å². The lowest BCUT2D eigenvalue weighted by atomic mass is 9.98. The topological polar surface area (TPSA) is 178 Å². The third-order valence-corrected chi connectivity index (χ3v) is 9.82. The summed E-state index contributed by atoms with van der Waals surface area (Å²) in [5, 5.41) is 64.9. The lowest BCUT2D eigenvalue weighted by Gasteiger charge is -2.40. The summed E-state index contributed by atoms with van der Waals surface area (Å²) in [5.74, 6) is 0.554. The second-order valence-electron chi connectivity index (χ2n) is 14.1. The minimum atomic E-state index is -1.61. The molecular formula is C39H69NO10. The summed E-state index contributed by atoms with van der Waals surface area (Å²) in [6.45, 7) is 1.30. The smallest absolute Gasteiger partial charge is 0.220 e. The molecule has 2 rings (SSSR count). The number of rotatable bonds is 29. The molecule has 4 unspecified atom stereocenters. The molecule has 1 heterocycles. The van der Waals surface area contributed by atoms with Crippen molar-refractivity contribution in [1.29, 1.82) is 0 Å². The van der Waals surface area contributed by atoms with Gasteiger partial charge >= 0.3 is 0 Å². The molecule has 11 nitrogen and oxygen atoms in total. The zero-order valence-corrected chi connectivity index (χ0v) is 30.8. The van der Waals surface area contributed by atoms with Crippen LogP contribution in [-0.2, 0) is 20.7 Å². The third kappa shape index (κ3) is 17.6. The van der Waals surface area contributed by atoms with Gasteiger partial charge in [-0.05, 0) is 43.4 Å². The van der Waals surface area contributed by atoms with Crippen molar-refractivity contribution in [1.82, 2.24) is 5.32 Å². The number of unbranched alkanes of at least 4 members (excludes halogenated alkanes) is 15. The number of carbonyl (C=O) groups is 1. The zero-order valence-electron chi connectivity index (χ0n) is 30.8. The number of amides is 1. The van der Waals surface area contributed by atoms with Gasteiger partial charge in [0.15, 0.2) is 6.29 Å². The Hall–Kier alpha value is -1.83. The second kappa shape index (κ2) is 26.9. The molecule has 50 heavy (non-hydrogen) atoms. The number of aliphatic hydroxyl groups is 6. The molecule has 7 N–H and O–H groups in total. The van der Waals surface area contributed by atoms with Crippen LogP contribution in [0.3, 0.4) is 0 Å². The normalized spacial score (nSPS) is 22.6. The largest absolute Gasteiger partial charge is 0.497 e. The standard InChI is InChI=1S/C39H69NO10/c1-3-4-5-6-7-8-9-10-11-12-15-18-21-32(42)35(44)31(28-49-39-38(47)37(46)36(45)33(27-41)50-39)40-34(43)22-19-16-13-14-17-20-29-23-25-30(48-2)26-24-29/h23-26,31-33,35-39,41-42,44-47H,3-22,27-28H2,1-2H3,(H,40,43)/t31-,32+,33?,35-,36?,37?,38-,39?/m0/s1. The number of ether oxygens (including phenoxy) is 3. The van der Waals surface area contributed by atoms with Gasteiger partial charge in [-0.25, -0.2) is 0 Å². The number of aryl methyl sites for hydroxylation is 1. The molecule has 11 heteroatoms. The molecule has 0 saturated carbocycles. The highest BCUT2D eigenvalue weighted by Crippen LogP contribution is 2.23. The van der Waals surface area contributed by atoms with Crippen molar-refractivity contribution in [2.45, 2.75) is 184 Å². The number of hydrogen-bond acceptors (Lipinski definition) is 10. The van der Waals surface area contributed by atoms with E-state index in [1.54, 1.807) is 7.11 Å². The Kier molecular flexibility index (Phi) is 23.8. The molecule has 1 saturated heterocycles. The number of methoxy groups -OCH3 is 1. The van der Waals surface area contributed by atoms with Crippen LogP contribution in [0.25, 0.3) is 0 Å². The minimum absolute atomic E-state index is 0.247. The van der Waals surface area contributed by atoms with E-state index in [0.717, 1.165) is 63.5 Å². The van der Waals surface area contributed by atoms with Gasteiger partial charge in [0.2, 0.25) is 5.91 Å². The van der Waals surface area contributed by atoms with E-state index in [9.17, 15) is 35.4 Å². The highest BCUT2D eigenvalue weighted by Gasteiger charge is 2.44. The summed E-state index contributed by atoms with van der Waals surface area (Å²) in [7, 11) is 1.65. The van der Waals surface area contributed by atoms with E-state index in [1.807, 2.05) is 12.1 Å². The quantitative estimate of drug-likeness (QED) is 0.0577. The summed E-state index contributed by atoms with van der Waals surface area (Å²) < 4.78 is 16.3. The maximum Gasteiger partial charge on any atom is 0.220 e. The van der Waals surface area contributed by atoms with Crippen molar-refractivity contribution < 1.29 is 49.6 Å². The van der Waals surface area contributed by atoms with E-state index in [1.165, 1.54) is 56.9 Å². The van der Waals surface area contributed by atoms with Crippen LogP contribution in [0.2, 0.25) is 0 Å². The molecular weight excluding hydrogens is 642 g/mol. The van der Waals surface area contributed by atoms with Crippen LogP contribution in [0.15, 0.2) is 24.3 Å². The average molecular weight is 712 g/mol. The van der Waals surface area contributed by atoms with Crippen molar-refractivity contribution in [2.24, 2.45) is 0 Å². The summed E-state index contributed by atoms with van der Waals surface area (Å²) in [4.78, 5) is 12.9. The van der Waals surface area contributed by atoms with Crippen LogP contribution < -0.4 is 10.1 Å². The first kappa shape index (κ1) is 44.3. The van der Waals surface area contributed by atoms with Crippen LogP contribution in [0.5, 0.6) is 5.75 Å². The molecule has 1 aliphatic heterocycles. The predicted molar refractivity (Wildman–Crippen MR) is 194 cm³/mol. The highest BCUT2D eigenvalue weighted by atomic mass is 16.7. The molecule has 0 aliphatic carbocycles. The van der Waals surface area contributed by atoms with Gasteiger partial charge in [0.1, 0.15) is 36.3 Å². The summed E-state index contributed by atoms with van der Waals surface area (Å²) in [6.07, 6.45) is 10.7. The molecule has 8 atom stereocenters. The fourth-order valence-corrected chi connectivity index (χ4v) is 6.48. The van der Waals surface area contributed by atoms with E-state index < -0.39 is 55.6 Å². The lowest BCUT2D eigenvalue weighted by Crippen LogP contribution is -2.60. The van der Waals surface area contributed by atoms with Crippen LogP contribution in [-0.4, -0.2) is 106 Å². The SMILES string of the molecule is CCCCCCCCCCCCCC[C@@H](O)[C@@H](O)[C@H](COC1OC(CO)C(O)C(O)[C@@H]1O)NC(=O)CCCCCCCc1ccc(OC)cc1. The van der Waals surface area contributed by atoms with Gasteiger partial charge < -0.3 is 50.2 Å². The van der Waals surface area contributed by atoms with Gasteiger partial charge in [-0.3, -0.25) is 4.79 Å². The van der Waals surface area contributed by atoms with E-state index in [4.69, 9.17) is 14.2 Å². The van der Waals surface area contributed by atoms with Gasteiger partial charge in [0.05, 0.1) is 32.5 Å². The molecule has 290 valence electrons. The Morgan fingerprint density at radius 3 is 1.92 bits per heavy atom. The molecule has 0 bridgehead atoms. The molecule has 1 fully saturated rings. The van der Waals surface area contributed by atoms with Crippen molar-refractivity contribution in [2.75, 3.05) is 20.3 Å². The number of carbonyl (C=O) groups excluding carboxylic acids is 1. The number of benzene rings is 1. The predicted octanol–water partition coefficient (Wildman–Crippen LogP) is 4.69. The first-order valence-electron chi connectivity index (χ1n) is 19.4. The van der Waals surface area contributed by atoms with Gasteiger partial charge in [-0.1, -0.05) is 115 Å². The van der Waals surface area contributed by atoms with Crippen molar-refractivity contribution >= 4 is 5.91 Å². The Morgan fingerprint density at radius 1 is 0.780 bits per heavy atom. The molecule has 0 spiro atoms. The lowest BCUT2D eigenvalue weighted by molar-refractivity contribution is -0.303. The minimum Gasteiger partial charge on any atom is -0.497 e. The molecule has 1 aliphatic rings. The summed E-state index contributed by atoms with van der Waals surface area (Å²) in [5.41, 5.74) is 1.27. The van der Waals surface area contributed by atoms with E-state index in [2.05, 4.69) is 24.4 Å². The maximum absolute atomic E-state index is 12.9. The molecule has 0 aromatic heterocycles. The zero-order chi connectivity index (χ0) is 36.6. The molecule has 1 amide bonds. The van der Waals surface area contributed by atoms with Crippen LogP contribution in [0.1, 0.15) is 134 Å². The summed E-state index contributed by atoms with van der Waals surface area (Å²) >= 11 is 0. The Balaban J connectivity index is 1.77. The van der Waals surface area contributed by atoms with E-state index >= 15 is 0 Å². The van der Waals surface area contributed by atoms with Crippen LogP contribution >= 0.6 is 0 Å². The van der Waals surface area contributed by atoms with Gasteiger partial charge in [-0.2, -0.15) is 0 Å². The van der Waals surface area contributed by atoms with Crippen molar-refractivity contribution in [3.63, 3.8) is 0 Å². The highest BCUT2D eigenvalue weighted by molar-refractivity contribution is 5.76. The third-order valence-electron chi connectivity index (χ3n) is 9.82. The molecule has 1 aromatic rings. The van der Waals surface area contributed by atoms with E-state index in [-0.39, 0.29) is 18.9 Å². The van der Waals surface area contributed by atoms with Gasteiger partial charge in [-0.15, -0.1) is 0 Å². The monoisotopic (exact) mass is 711 g/mol. The second-order valence-corrected chi connectivity index (χ2v) is 14.1. The molecule has 0 radical (unpaired) electrons.